The molecule has 5 rings (SSSR count). The molecule has 0 fully saturated rings. The van der Waals surface area contributed by atoms with Crippen molar-refractivity contribution in [2.24, 2.45) is 5.10 Å². The molecule has 168 valence electrons. The number of amides is 2. The molecule has 2 aliphatic rings. The van der Waals surface area contributed by atoms with Crippen LogP contribution >= 0.6 is 0 Å². The topological polar surface area (TPSA) is 74.9 Å². The van der Waals surface area contributed by atoms with Crippen molar-refractivity contribution in [1.29, 1.82) is 0 Å². The van der Waals surface area contributed by atoms with E-state index in [1.807, 2.05) is 49.1 Å². The Hall–Kier alpha value is -3.67. The molecule has 2 heterocycles. The summed E-state index contributed by atoms with van der Waals surface area (Å²) in [7, 11) is 0. The van der Waals surface area contributed by atoms with Gasteiger partial charge in [0.2, 0.25) is 0 Å². The second kappa shape index (κ2) is 8.70. The highest BCUT2D eigenvalue weighted by Crippen LogP contribution is 2.33. The van der Waals surface area contributed by atoms with Crippen molar-refractivity contribution in [3.63, 3.8) is 0 Å². The number of rotatable bonds is 3. The van der Waals surface area contributed by atoms with Gasteiger partial charge in [-0.2, -0.15) is 5.10 Å². The number of nitrogens with one attached hydrogen (secondary N) is 1. The molecule has 0 atom stereocenters. The summed E-state index contributed by atoms with van der Waals surface area (Å²) in [6.45, 7) is 4.57. The number of nitrogens with zero attached hydrogens (tertiary/aromatic N) is 2. The second-order valence-corrected chi connectivity index (χ2v) is 8.76. The quantitative estimate of drug-likeness (QED) is 0.584. The average Bonchev–Trinajstić information content (AvgIpc) is 3.19. The zero-order valence-corrected chi connectivity index (χ0v) is 19.0. The van der Waals surface area contributed by atoms with Crippen molar-refractivity contribution in [3.05, 3.63) is 87.9 Å². The van der Waals surface area contributed by atoms with Crippen LogP contribution in [0.25, 0.3) is 0 Å². The Morgan fingerprint density at radius 3 is 2.58 bits per heavy atom. The number of hydrogen-bond donors (Lipinski definition) is 1. The van der Waals surface area contributed by atoms with E-state index in [1.54, 1.807) is 12.1 Å². The number of para-hydroxylation sites is 1. The molecule has 1 aliphatic heterocycles. The van der Waals surface area contributed by atoms with Gasteiger partial charge in [0.15, 0.2) is 5.76 Å². The number of carbonyl (C=O) groups excluding carboxylic acids is 2. The molecule has 0 spiro atoms. The van der Waals surface area contributed by atoms with E-state index in [-0.39, 0.29) is 11.8 Å². The highest BCUT2D eigenvalue weighted by molar-refractivity contribution is 6.10. The lowest BCUT2D eigenvalue weighted by molar-refractivity contribution is 0.0948. The Labute approximate surface area is 193 Å². The smallest absolute Gasteiger partial charge is 0.294 e. The molecule has 1 N–H and O–H groups in total. The number of benzene rings is 2. The van der Waals surface area contributed by atoms with Gasteiger partial charge in [-0.1, -0.05) is 35.9 Å². The average molecular weight is 442 g/mol. The number of carbonyl (C=O) groups is 2. The summed E-state index contributed by atoms with van der Waals surface area (Å²) in [5, 5.41) is 4.44. The van der Waals surface area contributed by atoms with Crippen molar-refractivity contribution < 1.29 is 14.0 Å². The predicted octanol–water partition coefficient (Wildman–Crippen LogP) is 4.96. The first-order valence-corrected chi connectivity index (χ1v) is 11.5. The molecule has 1 aromatic heterocycles. The summed E-state index contributed by atoms with van der Waals surface area (Å²) in [6, 6.07) is 15.4. The second-order valence-electron chi connectivity index (χ2n) is 8.76. The molecule has 2 aromatic carbocycles. The van der Waals surface area contributed by atoms with E-state index >= 15 is 0 Å². The molecule has 6 heteroatoms. The van der Waals surface area contributed by atoms with Gasteiger partial charge in [-0.3, -0.25) is 9.59 Å². The summed E-state index contributed by atoms with van der Waals surface area (Å²) < 4.78 is 6.12. The number of fused-ring (bicyclic) bond motifs is 2. The number of hydrogen-bond acceptors (Lipinski definition) is 4. The van der Waals surface area contributed by atoms with Crippen LogP contribution in [0.2, 0.25) is 0 Å². The minimum absolute atomic E-state index is 0.114. The van der Waals surface area contributed by atoms with E-state index in [0.29, 0.717) is 17.9 Å². The molecule has 0 bridgehead atoms. The van der Waals surface area contributed by atoms with Crippen molar-refractivity contribution in [2.45, 2.75) is 46.0 Å². The lowest BCUT2D eigenvalue weighted by atomic mass is 9.93. The first kappa shape index (κ1) is 21.2. The fourth-order valence-corrected chi connectivity index (χ4v) is 4.74. The molecule has 6 nitrogen and oxygen atoms in total. The minimum atomic E-state index is -0.253. The van der Waals surface area contributed by atoms with Crippen molar-refractivity contribution in [2.75, 3.05) is 11.4 Å². The lowest BCUT2D eigenvalue weighted by Crippen LogP contribution is -2.35. The van der Waals surface area contributed by atoms with Gasteiger partial charge in [-0.05, 0) is 63.3 Å². The maximum absolute atomic E-state index is 13.5. The molecule has 33 heavy (non-hydrogen) atoms. The fourth-order valence-electron chi connectivity index (χ4n) is 4.74. The molecule has 0 radical (unpaired) electrons. The van der Waals surface area contributed by atoms with Crippen LogP contribution < -0.4 is 10.3 Å². The first-order chi connectivity index (χ1) is 16.0. The van der Waals surface area contributed by atoms with Crippen LogP contribution in [-0.4, -0.2) is 24.1 Å². The molecule has 0 saturated heterocycles. The third kappa shape index (κ3) is 3.97. The summed E-state index contributed by atoms with van der Waals surface area (Å²) >= 11 is 0. The van der Waals surface area contributed by atoms with Gasteiger partial charge in [0.1, 0.15) is 5.76 Å². The van der Waals surface area contributed by atoms with Crippen LogP contribution in [0.4, 0.5) is 5.69 Å². The van der Waals surface area contributed by atoms with Crippen LogP contribution in [0.5, 0.6) is 0 Å². The number of hydrazone groups is 1. The maximum Gasteiger partial charge on any atom is 0.294 e. The third-order valence-electron chi connectivity index (χ3n) is 6.48. The van der Waals surface area contributed by atoms with Crippen LogP contribution in [0.3, 0.4) is 0 Å². The molecule has 2 amide bonds. The van der Waals surface area contributed by atoms with E-state index in [1.165, 1.54) is 5.56 Å². The van der Waals surface area contributed by atoms with Crippen molar-refractivity contribution in [3.8, 4) is 0 Å². The molecular formula is C27H27N3O3. The predicted molar refractivity (Wildman–Crippen MR) is 128 cm³/mol. The Morgan fingerprint density at radius 2 is 1.76 bits per heavy atom. The standard InChI is InChI=1S/C27H27N3O3/c1-17-12-14-20(15-13-17)26(31)29-28-21-9-5-11-23-24(21)18(2)25(33-23)27(32)30-16-6-8-19-7-3-4-10-22(19)30/h3-4,7,10,12-15H,5-6,8-9,11,16H2,1-2H3,(H,29,31)/b28-21+. The molecule has 1 aliphatic carbocycles. The van der Waals surface area contributed by atoms with Gasteiger partial charge in [-0.25, -0.2) is 5.43 Å². The number of anilines is 1. The molecule has 3 aromatic rings. The zero-order valence-electron chi connectivity index (χ0n) is 19.0. The van der Waals surface area contributed by atoms with Gasteiger partial charge >= 0.3 is 0 Å². The van der Waals surface area contributed by atoms with Crippen LogP contribution in [0.1, 0.15) is 68.2 Å². The Bertz CT molecular complexity index is 1250. The molecule has 0 unspecified atom stereocenters. The van der Waals surface area contributed by atoms with E-state index in [4.69, 9.17) is 4.42 Å². The molecule has 0 saturated carbocycles. The summed E-state index contributed by atoms with van der Waals surface area (Å²) in [6.07, 6.45) is 4.25. The van der Waals surface area contributed by atoms with Crippen molar-refractivity contribution in [1.82, 2.24) is 5.43 Å². The monoisotopic (exact) mass is 441 g/mol. The summed E-state index contributed by atoms with van der Waals surface area (Å²) in [5.74, 6) is 0.779. The van der Waals surface area contributed by atoms with E-state index in [2.05, 4.69) is 16.6 Å². The van der Waals surface area contributed by atoms with E-state index < -0.39 is 0 Å². The van der Waals surface area contributed by atoms with E-state index in [9.17, 15) is 9.59 Å². The first-order valence-electron chi connectivity index (χ1n) is 11.5. The van der Waals surface area contributed by atoms with Crippen LogP contribution in [0, 0.1) is 13.8 Å². The summed E-state index contributed by atoms with van der Waals surface area (Å²) in [5.41, 5.74) is 8.90. The normalized spacial score (nSPS) is 16.3. The highest BCUT2D eigenvalue weighted by Gasteiger charge is 2.32. The lowest BCUT2D eigenvalue weighted by Gasteiger charge is -2.28. The fraction of sp³-hybridized carbons (Fsp3) is 0.296. The molecular weight excluding hydrogens is 414 g/mol. The summed E-state index contributed by atoms with van der Waals surface area (Å²) in [4.78, 5) is 27.9. The van der Waals surface area contributed by atoms with Gasteiger partial charge in [0, 0.05) is 35.3 Å². The highest BCUT2D eigenvalue weighted by atomic mass is 16.4. The van der Waals surface area contributed by atoms with Gasteiger partial charge in [-0.15, -0.1) is 0 Å². The van der Waals surface area contributed by atoms with Crippen molar-refractivity contribution >= 4 is 23.2 Å². The Morgan fingerprint density at radius 1 is 0.970 bits per heavy atom. The minimum Gasteiger partial charge on any atom is -0.455 e. The maximum atomic E-state index is 13.5. The largest absolute Gasteiger partial charge is 0.455 e. The van der Waals surface area contributed by atoms with E-state index in [0.717, 1.165) is 66.0 Å². The Kier molecular flexibility index (Phi) is 5.58. The van der Waals surface area contributed by atoms with Gasteiger partial charge in [0.05, 0.1) is 5.71 Å². The van der Waals surface area contributed by atoms with Gasteiger partial charge < -0.3 is 9.32 Å². The van der Waals surface area contributed by atoms with Crippen LogP contribution in [-0.2, 0) is 12.8 Å². The number of furan rings is 1. The Balaban J connectivity index is 1.43. The third-order valence-corrected chi connectivity index (χ3v) is 6.48. The zero-order chi connectivity index (χ0) is 22.9. The van der Waals surface area contributed by atoms with Crippen LogP contribution in [0.15, 0.2) is 58.0 Å². The number of aryl methyl sites for hydroxylation is 3. The SMILES string of the molecule is Cc1ccc(C(=O)N/N=C2\CCCc3oc(C(=O)N4CCCc5ccccc54)c(C)c32)cc1. The van der Waals surface area contributed by atoms with Gasteiger partial charge in [0.25, 0.3) is 11.8 Å².